The van der Waals surface area contributed by atoms with E-state index in [-0.39, 0.29) is 11.5 Å². The van der Waals surface area contributed by atoms with E-state index in [0.717, 1.165) is 42.4 Å². The highest BCUT2D eigenvalue weighted by Crippen LogP contribution is 2.24. The van der Waals surface area contributed by atoms with Crippen LogP contribution < -0.4 is 16.6 Å². The molecule has 0 unspecified atom stereocenters. The van der Waals surface area contributed by atoms with Crippen molar-refractivity contribution in [2.24, 2.45) is 5.73 Å². The number of amides is 1. The molecule has 0 aliphatic carbocycles. The van der Waals surface area contributed by atoms with E-state index in [4.69, 9.17) is 5.73 Å². The molecule has 0 bridgehead atoms. The minimum atomic E-state index is -0.186. The zero-order valence-corrected chi connectivity index (χ0v) is 23.1. The summed E-state index contributed by atoms with van der Waals surface area (Å²) >= 11 is 0. The highest BCUT2D eigenvalue weighted by molar-refractivity contribution is 6.09. The van der Waals surface area contributed by atoms with Crippen LogP contribution in [-0.2, 0) is 24.3 Å². The van der Waals surface area contributed by atoms with E-state index >= 15 is 0 Å². The second-order valence-corrected chi connectivity index (χ2v) is 10.7. The Balaban J connectivity index is 1.32. The fourth-order valence-electron chi connectivity index (χ4n) is 5.27. The largest absolute Gasteiger partial charge is 0.402 e. The predicted octanol–water partition coefficient (Wildman–Crippen LogP) is 4.96. The molecule has 1 aliphatic heterocycles. The number of nitrogens with two attached hydrogens (primary N) is 1. The zero-order chi connectivity index (χ0) is 28.4. The van der Waals surface area contributed by atoms with Gasteiger partial charge in [0.25, 0.3) is 11.5 Å². The topological polar surface area (TPSA) is 97.4 Å². The lowest BCUT2D eigenvalue weighted by Gasteiger charge is -2.32. The van der Waals surface area contributed by atoms with Crippen LogP contribution in [0.5, 0.6) is 0 Å². The Labute approximate surface area is 233 Å². The second-order valence-electron chi connectivity index (χ2n) is 10.7. The van der Waals surface area contributed by atoms with Gasteiger partial charge in [0.15, 0.2) is 6.29 Å². The lowest BCUT2D eigenvalue weighted by atomic mass is 9.98. The summed E-state index contributed by atoms with van der Waals surface area (Å²) in [5, 5.41) is 4.31. The molecular weight excluding hydrogens is 500 g/mol. The molecular formula is C33H34N4O3. The quantitative estimate of drug-likeness (QED) is 0.258. The smallest absolute Gasteiger partial charge is 0.258 e. The number of fused-ring (bicyclic) bond motifs is 2. The number of aromatic nitrogens is 1. The van der Waals surface area contributed by atoms with E-state index in [1.807, 2.05) is 30.3 Å². The summed E-state index contributed by atoms with van der Waals surface area (Å²) in [5.74, 6) is -0.186. The Morgan fingerprint density at radius 1 is 1.02 bits per heavy atom. The van der Waals surface area contributed by atoms with Gasteiger partial charge in [-0.15, -0.1) is 0 Å². The van der Waals surface area contributed by atoms with E-state index in [1.54, 1.807) is 42.0 Å². The average molecular weight is 535 g/mol. The molecule has 0 spiro atoms. The Kier molecular flexibility index (Phi) is 7.67. The number of carbonyl (C=O) groups excluding carboxylic acids is 2. The first-order valence-electron chi connectivity index (χ1n) is 13.5. The molecule has 7 heteroatoms. The molecule has 4 aromatic rings. The van der Waals surface area contributed by atoms with Crippen LogP contribution in [0.4, 0.5) is 5.69 Å². The van der Waals surface area contributed by atoms with Crippen LogP contribution >= 0.6 is 0 Å². The molecule has 0 saturated heterocycles. The molecule has 40 heavy (non-hydrogen) atoms. The van der Waals surface area contributed by atoms with E-state index in [0.29, 0.717) is 40.4 Å². The number of nitrogens with one attached hydrogen (secondary N) is 1. The molecule has 3 N–H and O–H groups in total. The van der Waals surface area contributed by atoms with E-state index in [1.165, 1.54) is 11.1 Å². The number of rotatable bonds is 7. The van der Waals surface area contributed by atoms with Gasteiger partial charge in [-0.2, -0.15) is 0 Å². The third kappa shape index (κ3) is 5.60. The van der Waals surface area contributed by atoms with Gasteiger partial charge in [0.1, 0.15) is 0 Å². The minimum Gasteiger partial charge on any atom is -0.402 e. The average Bonchev–Trinajstić information content (AvgIpc) is 2.94. The highest BCUT2D eigenvalue weighted by Gasteiger charge is 2.19. The van der Waals surface area contributed by atoms with Gasteiger partial charge in [-0.25, -0.2) is 0 Å². The molecule has 0 saturated carbocycles. The number of pyridine rings is 1. The molecule has 1 aliphatic rings. The van der Waals surface area contributed by atoms with Crippen molar-refractivity contribution in [1.82, 2.24) is 9.47 Å². The lowest BCUT2D eigenvalue weighted by Crippen LogP contribution is -2.35. The third-order valence-electron chi connectivity index (χ3n) is 7.61. The first-order valence-corrected chi connectivity index (χ1v) is 13.5. The Morgan fingerprint density at radius 2 is 1.85 bits per heavy atom. The third-order valence-corrected chi connectivity index (χ3v) is 7.61. The number of nitrogens with zero attached hydrogens (tertiary/aromatic N) is 2. The Hall–Kier alpha value is -4.49. The van der Waals surface area contributed by atoms with Crippen molar-refractivity contribution in [3.63, 3.8) is 0 Å². The van der Waals surface area contributed by atoms with Crippen LogP contribution in [0.2, 0.25) is 0 Å². The van der Waals surface area contributed by atoms with Gasteiger partial charge in [0.2, 0.25) is 0 Å². The summed E-state index contributed by atoms with van der Waals surface area (Å²) in [6.45, 7) is 8.38. The number of hydrogen-bond acceptors (Lipinski definition) is 5. The fraction of sp³-hybridized carbons (Fsp3) is 0.242. The molecule has 1 aromatic heterocycles. The normalized spacial score (nSPS) is 14.1. The van der Waals surface area contributed by atoms with Crippen molar-refractivity contribution < 1.29 is 9.59 Å². The van der Waals surface area contributed by atoms with E-state index < -0.39 is 0 Å². The van der Waals surface area contributed by atoms with Crippen LogP contribution in [-0.4, -0.2) is 34.2 Å². The summed E-state index contributed by atoms with van der Waals surface area (Å²) in [6, 6.07) is 21.1. The van der Waals surface area contributed by atoms with Gasteiger partial charge in [-0.05, 0) is 97.3 Å². The van der Waals surface area contributed by atoms with E-state index in [9.17, 15) is 14.4 Å². The molecule has 2 heterocycles. The molecule has 0 radical (unpaired) electrons. The van der Waals surface area contributed by atoms with Crippen molar-refractivity contribution in [3.05, 3.63) is 117 Å². The van der Waals surface area contributed by atoms with Crippen LogP contribution in [0, 0.1) is 0 Å². The summed E-state index contributed by atoms with van der Waals surface area (Å²) in [4.78, 5) is 40.2. The lowest BCUT2D eigenvalue weighted by molar-refractivity contribution is -0.103. The summed E-state index contributed by atoms with van der Waals surface area (Å²) in [7, 11) is 0. The second kappa shape index (κ2) is 11.3. The molecule has 204 valence electrons. The highest BCUT2D eigenvalue weighted by atomic mass is 16.1. The maximum atomic E-state index is 13.2. The summed E-state index contributed by atoms with van der Waals surface area (Å²) in [6.07, 6.45) is 3.43. The Bertz CT molecular complexity index is 1700. The van der Waals surface area contributed by atoms with E-state index in [2.05, 4.69) is 36.2 Å². The minimum absolute atomic E-state index is 0.148. The van der Waals surface area contributed by atoms with Crippen molar-refractivity contribution in [1.29, 1.82) is 0 Å². The number of carbonyl (C=O) groups is 2. The molecule has 1 amide bonds. The maximum absolute atomic E-state index is 13.2. The van der Waals surface area contributed by atoms with Crippen LogP contribution in [0.1, 0.15) is 53.4 Å². The standard InChI is InChI=1S/C33H34N4O3/c1-21(2)36-13-11-24-17-29(9-7-28(24)19-36)35-32(39)27-6-4-5-23(15-27)18-37-14-12-26-16-25(31(20-38)22(3)34)8-10-30(26)33(37)40/h4-10,12,14-17,20-21H,11,13,18-19,34H2,1-3H3,(H,35,39)/b31-22+. The molecule has 3 aromatic carbocycles. The van der Waals surface area contributed by atoms with Gasteiger partial charge < -0.3 is 15.6 Å². The first-order chi connectivity index (χ1) is 19.2. The number of aldehydes is 1. The monoisotopic (exact) mass is 534 g/mol. The first kappa shape index (κ1) is 27.1. The molecule has 0 fully saturated rings. The molecule has 0 atom stereocenters. The molecule has 5 rings (SSSR count). The van der Waals surface area contributed by atoms with Gasteiger partial charge in [-0.3, -0.25) is 19.3 Å². The van der Waals surface area contributed by atoms with Gasteiger partial charge in [0.05, 0.1) is 6.54 Å². The van der Waals surface area contributed by atoms with Crippen LogP contribution in [0.15, 0.2) is 83.4 Å². The zero-order valence-electron chi connectivity index (χ0n) is 23.1. The van der Waals surface area contributed by atoms with Gasteiger partial charge in [0, 0.05) is 53.2 Å². The fourth-order valence-corrected chi connectivity index (χ4v) is 5.27. The van der Waals surface area contributed by atoms with Crippen molar-refractivity contribution in [2.75, 3.05) is 11.9 Å². The van der Waals surface area contributed by atoms with Crippen LogP contribution in [0.25, 0.3) is 16.3 Å². The van der Waals surface area contributed by atoms with Gasteiger partial charge in [-0.1, -0.05) is 24.3 Å². The number of anilines is 1. The Morgan fingerprint density at radius 3 is 2.60 bits per heavy atom. The summed E-state index contributed by atoms with van der Waals surface area (Å²) < 4.78 is 1.62. The predicted molar refractivity (Wildman–Crippen MR) is 160 cm³/mol. The summed E-state index contributed by atoms with van der Waals surface area (Å²) in [5.41, 5.74) is 12.0. The molecule has 7 nitrogen and oxygen atoms in total. The van der Waals surface area contributed by atoms with Crippen molar-refractivity contribution >= 4 is 34.2 Å². The number of hydrogen-bond donors (Lipinski definition) is 2. The SMILES string of the molecule is C/C(N)=C(/C=O)c1ccc2c(=O)n(Cc3cccc(C(=O)Nc4ccc5c(c4)CCN(C(C)C)C5)c3)ccc2c1. The van der Waals surface area contributed by atoms with Crippen molar-refractivity contribution in [2.45, 2.75) is 46.3 Å². The number of allylic oxidation sites excluding steroid dienone is 2. The number of benzene rings is 3. The van der Waals surface area contributed by atoms with Crippen molar-refractivity contribution in [3.8, 4) is 0 Å². The van der Waals surface area contributed by atoms with Gasteiger partial charge >= 0.3 is 0 Å². The van der Waals surface area contributed by atoms with Crippen LogP contribution in [0.3, 0.4) is 0 Å². The maximum Gasteiger partial charge on any atom is 0.258 e.